The lowest BCUT2D eigenvalue weighted by molar-refractivity contribution is -0.161. The van der Waals surface area contributed by atoms with Crippen LogP contribution in [0.5, 0.6) is 0 Å². The smallest absolute Gasteiger partial charge is 0.327 e. The Kier molecular flexibility index (Phi) is 3.48. The fourth-order valence-electron chi connectivity index (χ4n) is 3.00. The highest BCUT2D eigenvalue weighted by atomic mass is 16.6. The van der Waals surface area contributed by atoms with Gasteiger partial charge in [-0.05, 0) is 10.8 Å². The third kappa shape index (κ3) is 2.27. The number of nitrogens with zero attached hydrogens (tertiary/aromatic N) is 1. The molecule has 0 bridgehead atoms. The SMILES string of the molecule is C#CCC(OC(=O)C1C(C)(C)C1(C)C)N1C(=O)CNC1=O. The summed E-state index contributed by atoms with van der Waals surface area (Å²) in [5.74, 6) is 1.21. The van der Waals surface area contributed by atoms with Gasteiger partial charge in [-0.3, -0.25) is 9.59 Å². The van der Waals surface area contributed by atoms with E-state index in [0.29, 0.717) is 0 Å². The first-order valence-electron chi connectivity index (χ1n) is 6.88. The number of rotatable bonds is 4. The fourth-order valence-corrected chi connectivity index (χ4v) is 3.00. The molecule has 0 aromatic rings. The van der Waals surface area contributed by atoms with Crippen molar-refractivity contribution in [1.82, 2.24) is 10.2 Å². The highest BCUT2D eigenvalue weighted by Crippen LogP contribution is 2.68. The Morgan fingerprint density at radius 3 is 2.38 bits per heavy atom. The number of nitrogens with one attached hydrogen (secondary N) is 1. The molecule has 0 spiro atoms. The molecule has 1 saturated heterocycles. The number of terminal acetylenes is 1. The first-order valence-corrected chi connectivity index (χ1v) is 6.88. The van der Waals surface area contributed by atoms with Gasteiger partial charge in [0.2, 0.25) is 0 Å². The van der Waals surface area contributed by atoms with Crippen LogP contribution in [0.4, 0.5) is 4.79 Å². The maximum absolute atomic E-state index is 12.3. The van der Waals surface area contributed by atoms with Gasteiger partial charge in [-0.1, -0.05) is 27.7 Å². The van der Waals surface area contributed by atoms with Crippen LogP contribution >= 0.6 is 0 Å². The molecule has 1 saturated carbocycles. The molecule has 1 aliphatic heterocycles. The predicted octanol–water partition coefficient (Wildman–Crippen LogP) is 1.11. The topological polar surface area (TPSA) is 75.7 Å². The average molecular weight is 292 g/mol. The third-order valence-electron chi connectivity index (χ3n) is 4.97. The van der Waals surface area contributed by atoms with Crippen LogP contribution in [0.25, 0.3) is 0 Å². The van der Waals surface area contributed by atoms with Crippen molar-refractivity contribution in [2.45, 2.75) is 40.3 Å². The summed E-state index contributed by atoms with van der Waals surface area (Å²) in [6.07, 6.45) is 4.20. The fraction of sp³-hybridized carbons (Fsp3) is 0.667. The number of ether oxygens (including phenoxy) is 1. The summed E-state index contributed by atoms with van der Waals surface area (Å²) in [6.45, 7) is 7.86. The number of hydrogen-bond donors (Lipinski definition) is 1. The molecular weight excluding hydrogens is 272 g/mol. The van der Waals surface area contributed by atoms with E-state index in [1.165, 1.54) is 0 Å². The summed E-state index contributed by atoms with van der Waals surface area (Å²) >= 11 is 0. The third-order valence-corrected chi connectivity index (χ3v) is 4.97. The van der Waals surface area contributed by atoms with Crippen LogP contribution in [-0.4, -0.2) is 35.6 Å². The molecule has 2 fully saturated rings. The molecule has 114 valence electrons. The molecule has 1 N–H and O–H groups in total. The predicted molar refractivity (Wildman–Crippen MR) is 74.6 cm³/mol. The highest BCUT2D eigenvalue weighted by Gasteiger charge is 2.69. The minimum atomic E-state index is -1.04. The number of urea groups is 1. The van der Waals surface area contributed by atoms with Crippen LogP contribution < -0.4 is 5.32 Å². The Hall–Kier alpha value is -2.03. The van der Waals surface area contributed by atoms with E-state index in [2.05, 4.69) is 11.2 Å². The summed E-state index contributed by atoms with van der Waals surface area (Å²) in [4.78, 5) is 36.6. The van der Waals surface area contributed by atoms with Crippen molar-refractivity contribution < 1.29 is 19.1 Å². The number of hydrogen-bond acceptors (Lipinski definition) is 4. The van der Waals surface area contributed by atoms with Crippen molar-refractivity contribution in [2.24, 2.45) is 16.7 Å². The van der Waals surface area contributed by atoms with Crippen LogP contribution in [0.3, 0.4) is 0 Å². The van der Waals surface area contributed by atoms with E-state index in [0.717, 1.165) is 4.90 Å². The normalized spacial score (nSPS) is 24.2. The molecule has 1 unspecified atom stereocenters. The molecule has 1 heterocycles. The van der Waals surface area contributed by atoms with E-state index in [4.69, 9.17) is 11.2 Å². The lowest BCUT2D eigenvalue weighted by Crippen LogP contribution is -2.43. The van der Waals surface area contributed by atoms with Crippen molar-refractivity contribution in [3.05, 3.63) is 0 Å². The van der Waals surface area contributed by atoms with Crippen LogP contribution in [-0.2, 0) is 14.3 Å². The molecule has 2 rings (SSSR count). The molecule has 0 radical (unpaired) electrons. The first kappa shape index (κ1) is 15.4. The van der Waals surface area contributed by atoms with Crippen molar-refractivity contribution >= 4 is 17.9 Å². The molecule has 3 amide bonds. The monoisotopic (exact) mass is 292 g/mol. The summed E-state index contributed by atoms with van der Waals surface area (Å²) in [5, 5.41) is 2.39. The maximum Gasteiger partial charge on any atom is 0.327 e. The lowest BCUT2D eigenvalue weighted by atomic mass is 10.0. The zero-order chi connectivity index (χ0) is 16.0. The quantitative estimate of drug-likeness (QED) is 0.478. The first-order chi connectivity index (χ1) is 9.64. The van der Waals surface area contributed by atoms with E-state index in [9.17, 15) is 14.4 Å². The molecule has 21 heavy (non-hydrogen) atoms. The van der Waals surface area contributed by atoms with E-state index in [1.807, 2.05) is 27.7 Å². The van der Waals surface area contributed by atoms with Crippen molar-refractivity contribution in [3.8, 4) is 12.3 Å². The van der Waals surface area contributed by atoms with Gasteiger partial charge < -0.3 is 10.1 Å². The Balaban J connectivity index is 2.12. The minimum absolute atomic E-state index is 0.0154. The Labute approximate surface area is 124 Å². The molecule has 6 nitrogen and oxygen atoms in total. The number of carbonyl (C=O) groups excluding carboxylic acids is 3. The molecule has 1 atom stereocenters. The van der Waals surface area contributed by atoms with Gasteiger partial charge in [0.15, 0.2) is 6.23 Å². The average Bonchev–Trinajstić information content (AvgIpc) is 2.62. The zero-order valence-electron chi connectivity index (χ0n) is 12.7. The number of imide groups is 1. The van der Waals surface area contributed by atoms with E-state index in [1.54, 1.807) is 0 Å². The standard InChI is InChI=1S/C15H20N2O4/c1-6-7-10(17-9(18)8-16-13(17)20)21-12(19)11-14(2,3)15(11,4)5/h1,10-11H,7-8H2,2-5H3,(H,16,20). The Morgan fingerprint density at radius 2 is 2.00 bits per heavy atom. The van der Waals surface area contributed by atoms with Crippen LogP contribution in [0.1, 0.15) is 34.1 Å². The number of amides is 3. The Morgan fingerprint density at radius 1 is 1.43 bits per heavy atom. The lowest BCUT2D eigenvalue weighted by Gasteiger charge is -2.23. The van der Waals surface area contributed by atoms with Gasteiger partial charge in [0.05, 0.1) is 18.9 Å². The van der Waals surface area contributed by atoms with Gasteiger partial charge in [0, 0.05) is 0 Å². The summed E-state index contributed by atoms with van der Waals surface area (Å²) in [7, 11) is 0. The van der Waals surface area contributed by atoms with Crippen molar-refractivity contribution in [3.63, 3.8) is 0 Å². The molecule has 2 aliphatic rings. The number of carbonyl (C=O) groups is 3. The van der Waals surface area contributed by atoms with Crippen LogP contribution in [0.2, 0.25) is 0 Å². The second-order valence-corrected chi connectivity index (χ2v) is 6.60. The van der Waals surface area contributed by atoms with Crippen LogP contribution in [0.15, 0.2) is 0 Å². The van der Waals surface area contributed by atoms with E-state index in [-0.39, 0.29) is 29.7 Å². The summed E-state index contributed by atoms with van der Waals surface area (Å²) in [6, 6.07) is -0.581. The van der Waals surface area contributed by atoms with Gasteiger partial charge in [0.1, 0.15) is 0 Å². The summed E-state index contributed by atoms with van der Waals surface area (Å²) in [5.41, 5.74) is -0.357. The minimum Gasteiger partial charge on any atom is -0.440 e. The second-order valence-electron chi connectivity index (χ2n) is 6.60. The second kappa shape index (κ2) is 4.76. The largest absolute Gasteiger partial charge is 0.440 e. The molecule has 1 aliphatic carbocycles. The van der Waals surface area contributed by atoms with Gasteiger partial charge in [-0.15, -0.1) is 12.3 Å². The van der Waals surface area contributed by atoms with Gasteiger partial charge in [-0.2, -0.15) is 0 Å². The molecule has 6 heteroatoms. The van der Waals surface area contributed by atoms with Gasteiger partial charge in [0.25, 0.3) is 5.91 Å². The highest BCUT2D eigenvalue weighted by molar-refractivity contribution is 6.02. The van der Waals surface area contributed by atoms with E-state index >= 15 is 0 Å². The van der Waals surface area contributed by atoms with Gasteiger partial charge >= 0.3 is 12.0 Å². The van der Waals surface area contributed by atoms with Gasteiger partial charge in [-0.25, -0.2) is 9.69 Å². The Bertz CT molecular complexity index is 514. The van der Waals surface area contributed by atoms with Crippen LogP contribution in [0, 0.1) is 29.1 Å². The molecule has 0 aromatic heterocycles. The maximum atomic E-state index is 12.3. The van der Waals surface area contributed by atoms with Crippen molar-refractivity contribution in [1.29, 1.82) is 0 Å². The zero-order valence-corrected chi connectivity index (χ0v) is 12.7. The number of esters is 1. The summed E-state index contributed by atoms with van der Waals surface area (Å²) < 4.78 is 5.37. The molecular formula is C15H20N2O4. The van der Waals surface area contributed by atoms with E-state index < -0.39 is 24.1 Å². The van der Waals surface area contributed by atoms with Crippen molar-refractivity contribution in [2.75, 3.05) is 6.54 Å². The molecule has 0 aromatic carbocycles.